The van der Waals surface area contributed by atoms with Crippen molar-refractivity contribution in [1.82, 2.24) is 9.88 Å². The summed E-state index contributed by atoms with van der Waals surface area (Å²) in [5.74, 6) is -1.45. The number of aliphatic carboxylic acids is 1. The summed E-state index contributed by atoms with van der Waals surface area (Å²) in [4.78, 5) is 30.7. The van der Waals surface area contributed by atoms with E-state index in [1.807, 2.05) is 19.1 Å². The second-order valence-electron chi connectivity index (χ2n) is 5.87. The first-order valence-electron chi connectivity index (χ1n) is 7.71. The van der Waals surface area contributed by atoms with Crippen molar-refractivity contribution in [1.29, 1.82) is 0 Å². The van der Waals surface area contributed by atoms with Crippen LogP contribution in [0.1, 0.15) is 28.2 Å². The second kappa shape index (κ2) is 6.91. The average Bonchev–Trinajstić information content (AvgIpc) is 2.96. The molecule has 1 aromatic carbocycles. The number of rotatable bonds is 3. The van der Waals surface area contributed by atoms with E-state index in [1.165, 1.54) is 11.3 Å². The van der Waals surface area contributed by atoms with Gasteiger partial charge in [0.25, 0.3) is 5.91 Å². The number of piperidine rings is 1. The first kappa shape index (κ1) is 16.9. The number of aryl methyl sites for hydroxylation is 1. The number of likely N-dealkylation sites (tertiary alicyclic amines) is 1. The van der Waals surface area contributed by atoms with E-state index >= 15 is 0 Å². The highest BCUT2D eigenvalue weighted by Gasteiger charge is 2.30. The maximum atomic E-state index is 12.8. The number of carboxylic acids is 1. The molecule has 1 fully saturated rings. The van der Waals surface area contributed by atoms with E-state index in [2.05, 4.69) is 4.98 Å². The molecule has 1 aliphatic rings. The summed E-state index contributed by atoms with van der Waals surface area (Å²) in [5, 5.41) is 10.6. The van der Waals surface area contributed by atoms with E-state index in [-0.39, 0.29) is 12.5 Å². The van der Waals surface area contributed by atoms with Crippen LogP contribution in [0.25, 0.3) is 10.6 Å². The average molecular weight is 365 g/mol. The monoisotopic (exact) mass is 364 g/mol. The van der Waals surface area contributed by atoms with Crippen molar-refractivity contribution >= 4 is 34.8 Å². The van der Waals surface area contributed by atoms with Crippen LogP contribution >= 0.6 is 22.9 Å². The molecule has 2 heterocycles. The molecule has 0 spiro atoms. The molecule has 1 amide bonds. The highest BCUT2D eigenvalue weighted by Crippen LogP contribution is 2.30. The lowest BCUT2D eigenvalue weighted by molar-refractivity contribution is -0.143. The topological polar surface area (TPSA) is 70.5 Å². The van der Waals surface area contributed by atoms with E-state index in [1.54, 1.807) is 17.0 Å². The van der Waals surface area contributed by atoms with Gasteiger partial charge in [-0.15, -0.1) is 11.3 Å². The molecule has 126 valence electrons. The Balaban J connectivity index is 1.83. The Morgan fingerprint density at radius 3 is 2.71 bits per heavy atom. The summed E-state index contributed by atoms with van der Waals surface area (Å²) in [7, 11) is 0. The quantitative estimate of drug-likeness (QED) is 0.901. The van der Waals surface area contributed by atoms with Crippen molar-refractivity contribution in [3.8, 4) is 10.6 Å². The van der Waals surface area contributed by atoms with Crippen LogP contribution in [-0.4, -0.2) is 40.0 Å². The van der Waals surface area contributed by atoms with Gasteiger partial charge >= 0.3 is 5.97 Å². The number of carbonyl (C=O) groups is 2. The summed E-state index contributed by atoms with van der Waals surface area (Å²) in [5.41, 5.74) is 1.58. The molecule has 0 unspecified atom stereocenters. The molecule has 0 aliphatic carbocycles. The minimum atomic E-state index is -0.838. The first-order valence-corrected chi connectivity index (χ1v) is 8.90. The fraction of sp³-hybridized carbons (Fsp3) is 0.353. The molecule has 7 heteroatoms. The maximum Gasteiger partial charge on any atom is 0.308 e. The van der Waals surface area contributed by atoms with Gasteiger partial charge in [0.05, 0.1) is 11.6 Å². The van der Waals surface area contributed by atoms with Crippen molar-refractivity contribution in [3.05, 3.63) is 39.9 Å². The summed E-state index contributed by atoms with van der Waals surface area (Å²) in [6.07, 6.45) is 1.33. The molecule has 1 aliphatic heterocycles. The Labute approximate surface area is 148 Å². The van der Waals surface area contributed by atoms with Crippen LogP contribution < -0.4 is 0 Å². The van der Waals surface area contributed by atoms with Gasteiger partial charge in [-0.2, -0.15) is 0 Å². The van der Waals surface area contributed by atoms with Crippen molar-refractivity contribution in [3.63, 3.8) is 0 Å². The Kier molecular flexibility index (Phi) is 4.87. The van der Waals surface area contributed by atoms with Gasteiger partial charge in [-0.25, -0.2) is 4.98 Å². The predicted molar refractivity (Wildman–Crippen MR) is 93.6 cm³/mol. The number of halogens is 1. The Morgan fingerprint density at radius 1 is 1.33 bits per heavy atom. The van der Waals surface area contributed by atoms with Crippen molar-refractivity contribution in [2.75, 3.05) is 13.1 Å². The van der Waals surface area contributed by atoms with Gasteiger partial charge in [-0.05, 0) is 31.9 Å². The number of amides is 1. The first-order chi connectivity index (χ1) is 11.5. The Hall–Kier alpha value is -1.92. The van der Waals surface area contributed by atoms with Gasteiger partial charge in [0.15, 0.2) is 0 Å². The van der Waals surface area contributed by atoms with Crippen LogP contribution in [0, 0.1) is 12.8 Å². The van der Waals surface area contributed by atoms with Crippen molar-refractivity contribution in [2.45, 2.75) is 19.8 Å². The number of nitrogens with zero attached hydrogens (tertiary/aromatic N) is 2. The van der Waals surface area contributed by atoms with E-state index in [0.717, 1.165) is 10.6 Å². The molecule has 0 bridgehead atoms. The summed E-state index contributed by atoms with van der Waals surface area (Å²) in [6, 6.07) is 7.32. The van der Waals surface area contributed by atoms with Gasteiger partial charge < -0.3 is 10.0 Å². The highest BCUT2D eigenvalue weighted by atomic mass is 35.5. The van der Waals surface area contributed by atoms with Gasteiger partial charge in [0, 0.05) is 23.7 Å². The van der Waals surface area contributed by atoms with Crippen LogP contribution in [0.5, 0.6) is 0 Å². The summed E-state index contributed by atoms with van der Waals surface area (Å²) in [6.45, 7) is 2.67. The van der Waals surface area contributed by atoms with Crippen molar-refractivity contribution in [2.24, 2.45) is 5.92 Å². The van der Waals surface area contributed by atoms with Crippen LogP contribution in [-0.2, 0) is 4.79 Å². The lowest BCUT2D eigenvalue weighted by Gasteiger charge is -2.30. The van der Waals surface area contributed by atoms with E-state index in [0.29, 0.717) is 35.0 Å². The minimum Gasteiger partial charge on any atom is -0.481 e. The molecule has 1 aromatic heterocycles. The van der Waals surface area contributed by atoms with E-state index in [9.17, 15) is 14.7 Å². The standard InChI is InChI=1S/C17H17ClN2O3S/c1-10-14(16(21)20-8-2-3-12(9-20)17(22)23)24-15(19-10)11-4-6-13(18)7-5-11/h4-7,12H,2-3,8-9H2,1H3,(H,22,23)/t12-/m0/s1. The number of benzene rings is 1. The SMILES string of the molecule is Cc1nc(-c2ccc(Cl)cc2)sc1C(=O)N1CCC[C@H](C(=O)O)C1. The van der Waals surface area contributed by atoms with Crippen LogP contribution in [0.15, 0.2) is 24.3 Å². The van der Waals surface area contributed by atoms with Crippen LogP contribution in [0.4, 0.5) is 0 Å². The second-order valence-corrected chi connectivity index (χ2v) is 7.30. The van der Waals surface area contributed by atoms with Gasteiger partial charge in [-0.1, -0.05) is 23.7 Å². The smallest absolute Gasteiger partial charge is 0.308 e. The fourth-order valence-corrected chi connectivity index (χ4v) is 3.98. The Bertz CT molecular complexity index is 773. The van der Waals surface area contributed by atoms with E-state index in [4.69, 9.17) is 11.6 Å². The highest BCUT2D eigenvalue weighted by molar-refractivity contribution is 7.17. The van der Waals surface area contributed by atoms with Crippen molar-refractivity contribution < 1.29 is 14.7 Å². The number of carbonyl (C=O) groups excluding carboxylic acids is 1. The van der Waals surface area contributed by atoms with E-state index < -0.39 is 11.9 Å². The molecular formula is C17H17ClN2O3S. The number of thiazole rings is 1. The third-order valence-electron chi connectivity index (χ3n) is 4.14. The lowest BCUT2D eigenvalue weighted by atomic mass is 9.98. The zero-order valence-corrected chi connectivity index (χ0v) is 14.7. The third-order valence-corrected chi connectivity index (χ3v) is 5.59. The molecule has 2 aromatic rings. The van der Waals surface area contributed by atoms with Gasteiger partial charge in [0.1, 0.15) is 9.88 Å². The molecule has 1 saturated heterocycles. The Morgan fingerprint density at radius 2 is 2.04 bits per heavy atom. The fourth-order valence-electron chi connectivity index (χ4n) is 2.82. The molecule has 1 N–H and O–H groups in total. The molecule has 1 atom stereocenters. The zero-order valence-electron chi connectivity index (χ0n) is 13.2. The number of carboxylic acid groups (broad SMARTS) is 1. The molecule has 0 radical (unpaired) electrons. The summed E-state index contributed by atoms with van der Waals surface area (Å²) < 4.78 is 0. The molecule has 5 nitrogen and oxygen atoms in total. The van der Waals surface area contributed by atoms with Gasteiger partial charge in [-0.3, -0.25) is 9.59 Å². The molecule has 24 heavy (non-hydrogen) atoms. The predicted octanol–water partition coefficient (Wildman–Crippen LogP) is 3.71. The number of hydrogen-bond donors (Lipinski definition) is 1. The molecule has 0 saturated carbocycles. The maximum absolute atomic E-state index is 12.8. The molecule has 3 rings (SSSR count). The lowest BCUT2D eigenvalue weighted by Crippen LogP contribution is -2.42. The third kappa shape index (κ3) is 3.44. The summed E-state index contributed by atoms with van der Waals surface area (Å²) >= 11 is 7.24. The number of hydrogen-bond acceptors (Lipinski definition) is 4. The van der Waals surface area contributed by atoms with Gasteiger partial charge in [0.2, 0.25) is 0 Å². The largest absolute Gasteiger partial charge is 0.481 e. The minimum absolute atomic E-state index is 0.129. The van der Waals surface area contributed by atoms with Crippen LogP contribution in [0.2, 0.25) is 5.02 Å². The normalized spacial score (nSPS) is 17.8. The number of aromatic nitrogens is 1. The molecular weight excluding hydrogens is 348 g/mol. The van der Waals surface area contributed by atoms with Crippen LogP contribution in [0.3, 0.4) is 0 Å². The zero-order chi connectivity index (χ0) is 17.3.